The number of hydrogen-bond acceptors (Lipinski definition) is 2. The van der Waals surface area contributed by atoms with Gasteiger partial charge in [0.25, 0.3) is 0 Å². The van der Waals surface area contributed by atoms with Crippen molar-refractivity contribution in [3.8, 4) is 0 Å². The second kappa shape index (κ2) is 6.46. The fraction of sp³-hybridized carbons (Fsp3) is 0.429. The molecule has 1 N–H and O–H groups in total. The van der Waals surface area contributed by atoms with E-state index >= 15 is 0 Å². The largest absolute Gasteiger partial charge is 0.497 e. The Labute approximate surface area is 118 Å². The second-order valence-electron chi connectivity index (χ2n) is 4.39. The number of hydrogen-bond donors (Lipinski definition) is 1. The first kappa shape index (κ1) is 13.7. The molecule has 98 valence electrons. The predicted octanol–water partition coefficient (Wildman–Crippen LogP) is 3.82. The summed E-state index contributed by atoms with van der Waals surface area (Å²) in [5, 5.41) is 4.48. The van der Waals surface area contributed by atoms with Crippen molar-refractivity contribution < 1.29 is 4.74 Å². The first-order chi connectivity index (χ1) is 8.70. The Balaban J connectivity index is 2.09. The lowest BCUT2D eigenvalue weighted by atomic mass is 10.0. The van der Waals surface area contributed by atoms with E-state index in [0.717, 1.165) is 37.2 Å². The zero-order chi connectivity index (χ0) is 13.0. The van der Waals surface area contributed by atoms with Gasteiger partial charge in [0.1, 0.15) is 5.76 Å². The van der Waals surface area contributed by atoms with E-state index in [0.29, 0.717) is 10.0 Å². The van der Waals surface area contributed by atoms with E-state index in [1.165, 1.54) is 0 Å². The Hall–Kier alpha value is -0.700. The SMILES string of the molecule is CNC(Cc1ccc(Cl)c(Cl)c1)C1=CCCCO1. The van der Waals surface area contributed by atoms with Gasteiger partial charge in [-0.1, -0.05) is 29.3 Å². The zero-order valence-corrected chi connectivity index (χ0v) is 11.9. The maximum absolute atomic E-state index is 6.03. The van der Waals surface area contributed by atoms with E-state index in [1.54, 1.807) is 0 Å². The van der Waals surface area contributed by atoms with Crippen LogP contribution in [-0.2, 0) is 11.2 Å². The third-order valence-electron chi connectivity index (χ3n) is 3.08. The highest BCUT2D eigenvalue weighted by molar-refractivity contribution is 6.42. The normalized spacial score (nSPS) is 16.9. The highest BCUT2D eigenvalue weighted by Crippen LogP contribution is 2.24. The molecule has 0 aromatic heterocycles. The summed E-state index contributed by atoms with van der Waals surface area (Å²) in [6.07, 6.45) is 5.21. The van der Waals surface area contributed by atoms with E-state index in [2.05, 4.69) is 11.4 Å². The quantitative estimate of drug-likeness (QED) is 0.908. The first-order valence-corrected chi connectivity index (χ1v) is 6.90. The van der Waals surface area contributed by atoms with E-state index in [-0.39, 0.29) is 6.04 Å². The fourth-order valence-electron chi connectivity index (χ4n) is 2.07. The van der Waals surface area contributed by atoms with Crippen LogP contribution in [0.1, 0.15) is 18.4 Å². The van der Waals surface area contributed by atoms with Crippen LogP contribution >= 0.6 is 23.2 Å². The van der Waals surface area contributed by atoms with Gasteiger partial charge >= 0.3 is 0 Å². The van der Waals surface area contributed by atoms with Crippen LogP contribution in [0.5, 0.6) is 0 Å². The molecule has 1 atom stereocenters. The maximum Gasteiger partial charge on any atom is 0.109 e. The summed E-state index contributed by atoms with van der Waals surface area (Å²) in [5.74, 6) is 1.04. The van der Waals surface area contributed by atoms with Gasteiger partial charge in [-0.3, -0.25) is 0 Å². The van der Waals surface area contributed by atoms with Crippen molar-refractivity contribution in [2.75, 3.05) is 13.7 Å². The summed E-state index contributed by atoms with van der Waals surface area (Å²) in [6, 6.07) is 5.95. The molecule has 1 heterocycles. The molecule has 0 saturated carbocycles. The average molecular weight is 286 g/mol. The number of ether oxygens (including phenoxy) is 1. The second-order valence-corrected chi connectivity index (χ2v) is 5.21. The number of rotatable bonds is 4. The Kier molecular flexibility index (Phi) is 4.93. The van der Waals surface area contributed by atoms with Crippen LogP contribution < -0.4 is 5.32 Å². The molecule has 4 heteroatoms. The minimum absolute atomic E-state index is 0.197. The van der Waals surface area contributed by atoms with Crippen LogP contribution in [0.3, 0.4) is 0 Å². The van der Waals surface area contributed by atoms with Gasteiger partial charge in [-0.2, -0.15) is 0 Å². The van der Waals surface area contributed by atoms with Crippen molar-refractivity contribution >= 4 is 23.2 Å². The third-order valence-corrected chi connectivity index (χ3v) is 3.82. The fourth-order valence-corrected chi connectivity index (χ4v) is 2.39. The summed E-state index contributed by atoms with van der Waals surface area (Å²) in [4.78, 5) is 0. The Morgan fingerprint density at radius 2 is 2.17 bits per heavy atom. The topological polar surface area (TPSA) is 21.3 Å². The average Bonchev–Trinajstić information content (AvgIpc) is 2.41. The van der Waals surface area contributed by atoms with Gasteiger partial charge in [-0.15, -0.1) is 0 Å². The van der Waals surface area contributed by atoms with Crippen LogP contribution in [0.25, 0.3) is 0 Å². The smallest absolute Gasteiger partial charge is 0.109 e. The molecule has 0 spiro atoms. The minimum atomic E-state index is 0.197. The van der Waals surface area contributed by atoms with Crippen molar-refractivity contribution in [1.82, 2.24) is 5.32 Å². The molecular weight excluding hydrogens is 269 g/mol. The highest BCUT2D eigenvalue weighted by Gasteiger charge is 2.17. The van der Waals surface area contributed by atoms with Gasteiger partial charge in [0.2, 0.25) is 0 Å². The van der Waals surface area contributed by atoms with Gasteiger partial charge in [-0.25, -0.2) is 0 Å². The third kappa shape index (κ3) is 3.41. The van der Waals surface area contributed by atoms with E-state index in [9.17, 15) is 0 Å². The summed E-state index contributed by atoms with van der Waals surface area (Å²) in [7, 11) is 1.95. The van der Waals surface area contributed by atoms with Gasteiger partial charge in [0, 0.05) is 0 Å². The number of nitrogens with one attached hydrogen (secondary N) is 1. The van der Waals surface area contributed by atoms with Crippen LogP contribution in [0.15, 0.2) is 30.0 Å². The summed E-state index contributed by atoms with van der Waals surface area (Å²) < 4.78 is 5.70. The van der Waals surface area contributed by atoms with E-state index < -0.39 is 0 Å². The highest BCUT2D eigenvalue weighted by atomic mass is 35.5. The molecule has 2 rings (SSSR count). The molecule has 1 unspecified atom stereocenters. The van der Waals surface area contributed by atoms with E-state index in [4.69, 9.17) is 27.9 Å². The predicted molar refractivity (Wildman–Crippen MR) is 76.3 cm³/mol. The number of halogens is 2. The van der Waals surface area contributed by atoms with Crippen molar-refractivity contribution in [3.63, 3.8) is 0 Å². The van der Waals surface area contributed by atoms with Crippen LogP contribution in [0.4, 0.5) is 0 Å². The molecule has 0 fully saturated rings. The molecule has 1 aliphatic rings. The van der Waals surface area contributed by atoms with Gasteiger partial charge in [0.05, 0.1) is 22.7 Å². The number of likely N-dealkylation sites (N-methyl/N-ethyl adjacent to an activating group) is 1. The molecule has 0 bridgehead atoms. The van der Waals surface area contributed by atoms with Crippen LogP contribution in [-0.4, -0.2) is 19.7 Å². The zero-order valence-electron chi connectivity index (χ0n) is 10.4. The van der Waals surface area contributed by atoms with E-state index in [1.807, 2.05) is 25.2 Å². The molecule has 0 amide bonds. The minimum Gasteiger partial charge on any atom is -0.497 e. The number of benzene rings is 1. The standard InChI is InChI=1S/C14H17Cl2NO/c1-17-13(14-4-2-3-7-18-14)9-10-5-6-11(15)12(16)8-10/h4-6,8,13,17H,2-3,7,9H2,1H3. The molecule has 0 aliphatic carbocycles. The van der Waals surface area contributed by atoms with Crippen molar-refractivity contribution in [1.29, 1.82) is 0 Å². The monoisotopic (exact) mass is 285 g/mol. The first-order valence-electron chi connectivity index (χ1n) is 6.14. The van der Waals surface area contributed by atoms with Gasteiger partial charge in [-0.05, 0) is 50.1 Å². The lowest BCUT2D eigenvalue weighted by Gasteiger charge is -2.23. The molecule has 0 saturated heterocycles. The Bertz CT molecular complexity index is 445. The lowest BCUT2D eigenvalue weighted by molar-refractivity contribution is 0.169. The lowest BCUT2D eigenvalue weighted by Crippen LogP contribution is -2.32. The molecule has 1 aliphatic heterocycles. The Morgan fingerprint density at radius 3 is 2.78 bits per heavy atom. The van der Waals surface area contributed by atoms with Crippen molar-refractivity contribution in [2.24, 2.45) is 0 Å². The molecule has 1 aromatic rings. The summed E-state index contributed by atoms with van der Waals surface area (Å²) in [6.45, 7) is 0.811. The molecule has 18 heavy (non-hydrogen) atoms. The van der Waals surface area contributed by atoms with Crippen LogP contribution in [0.2, 0.25) is 10.0 Å². The van der Waals surface area contributed by atoms with Crippen molar-refractivity contribution in [3.05, 3.63) is 45.6 Å². The summed E-state index contributed by atoms with van der Waals surface area (Å²) >= 11 is 11.9. The molecule has 2 nitrogen and oxygen atoms in total. The molecule has 1 aromatic carbocycles. The van der Waals surface area contributed by atoms with Crippen LogP contribution in [0, 0.1) is 0 Å². The Morgan fingerprint density at radius 1 is 1.33 bits per heavy atom. The van der Waals surface area contributed by atoms with Gasteiger partial charge < -0.3 is 10.1 Å². The molecular formula is C14H17Cl2NO. The molecule has 0 radical (unpaired) electrons. The van der Waals surface area contributed by atoms with Gasteiger partial charge in [0.15, 0.2) is 0 Å². The van der Waals surface area contributed by atoms with Crippen molar-refractivity contribution in [2.45, 2.75) is 25.3 Å². The summed E-state index contributed by atoms with van der Waals surface area (Å²) in [5.41, 5.74) is 1.15. The maximum atomic E-state index is 6.03. The number of allylic oxidation sites excluding steroid dienone is 1.